The molecule has 2 N–H and O–H groups in total. The maximum atomic E-state index is 12.3. The molecule has 5 nitrogen and oxygen atoms in total. The third-order valence-electron chi connectivity index (χ3n) is 7.34. The molecule has 34 heavy (non-hydrogen) atoms. The number of allylic oxidation sites excluding steroid dienone is 1. The Kier molecular flexibility index (Phi) is 10.0. The van der Waals surface area contributed by atoms with Gasteiger partial charge in [0.2, 0.25) is 0 Å². The van der Waals surface area contributed by atoms with Crippen LogP contribution in [-0.2, 0) is 14.3 Å². The fourth-order valence-corrected chi connectivity index (χ4v) is 6.76. The number of carbonyl (C=O) groups is 1. The molecule has 2 fully saturated rings. The van der Waals surface area contributed by atoms with Crippen LogP contribution in [0.5, 0.6) is 0 Å². The van der Waals surface area contributed by atoms with Crippen molar-refractivity contribution in [3.8, 4) is 0 Å². The first-order valence-electron chi connectivity index (χ1n) is 13.6. The van der Waals surface area contributed by atoms with Gasteiger partial charge in [0.15, 0.2) is 0 Å². The highest BCUT2D eigenvalue weighted by Gasteiger charge is 2.40. The molecule has 2 rings (SSSR count). The smallest absolute Gasteiger partial charge is 0.306 e. The van der Waals surface area contributed by atoms with Crippen LogP contribution >= 0.6 is 0 Å². The first-order chi connectivity index (χ1) is 15.6. The quantitative estimate of drug-likeness (QED) is 0.209. The van der Waals surface area contributed by atoms with Crippen molar-refractivity contribution >= 4 is 11.9 Å². The zero-order chi connectivity index (χ0) is 25.6. The molecule has 0 radical (unpaired) electrons. The summed E-state index contributed by atoms with van der Waals surface area (Å²) in [5, 5.41) is 7.33. The van der Waals surface area contributed by atoms with Crippen LogP contribution in [0.1, 0.15) is 132 Å². The van der Waals surface area contributed by atoms with Crippen molar-refractivity contribution in [1.29, 1.82) is 0 Å². The normalized spacial score (nSPS) is 23.8. The van der Waals surface area contributed by atoms with E-state index < -0.39 is 0 Å². The van der Waals surface area contributed by atoms with Crippen molar-refractivity contribution in [1.82, 2.24) is 10.6 Å². The van der Waals surface area contributed by atoms with E-state index in [0.717, 1.165) is 76.2 Å². The second kappa shape index (κ2) is 11.7. The summed E-state index contributed by atoms with van der Waals surface area (Å²) in [5.74, 6) is 2.59. The second-order valence-corrected chi connectivity index (χ2v) is 13.7. The second-order valence-electron chi connectivity index (χ2n) is 13.7. The Morgan fingerprint density at radius 3 is 1.59 bits per heavy atom. The molecule has 0 spiro atoms. The third kappa shape index (κ3) is 10.2. The van der Waals surface area contributed by atoms with Crippen LogP contribution in [0, 0.1) is 5.92 Å². The molecule has 0 aliphatic carbocycles. The predicted molar refractivity (Wildman–Crippen MR) is 141 cm³/mol. The molecule has 2 aliphatic heterocycles. The SMILES string of the molecule is CC1(C)CC(OC(=O)CCCCCCCCC(=C=O)C2CC(C)(C)NC(C)(C)C2)CC(C)(C)N1. The zero-order valence-electron chi connectivity index (χ0n) is 23.4. The third-order valence-corrected chi connectivity index (χ3v) is 7.34. The van der Waals surface area contributed by atoms with Crippen LogP contribution in [0.2, 0.25) is 0 Å². The van der Waals surface area contributed by atoms with E-state index >= 15 is 0 Å². The van der Waals surface area contributed by atoms with Crippen molar-refractivity contribution in [3.05, 3.63) is 5.57 Å². The fraction of sp³-hybridized carbons (Fsp3) is 0.897. The molecule has 2 saturated heterocycles. The Labute approximate surface area is 209 Å². The Hall–Kier alpha value is -1.16. The minimum absolute atomic E-state index is 0.00805. The first kappa shape index (κ1) is 29.1. The number of rotatable bonds is 11. The molecule has 2 heterocycles. The first-order valence-corrected chi connectivity index (χ1v) is 13.6. The number of esters is 1. The van der Waals surface area contributed by atoms with Crippen molar-refractivity contribution in [2.45, 2.75) is 161 Å². The molecule has 5 heteroatoms. The lowest BCUT2D eigenvalue weighted by Gasteiger charge is -2.46. The lowest BCUT2D eigenvalue weighted by Crippen LogP contribution is -2.59. The Bertz CT molecular complexity index is 700. The summed E-state index contributed by atoms with van der Waals surface area (Å²) in [6.07, 6.45) is 11.6. The van der Waals surface area contributed by atoms with Gasteiger partial charge in [-0.05, 0) is 93.4 Å². The summed E-state index contributed by atoms with van der Waals surface area (Å²) in [6.45, 7) is 17.6. The molecule has 2 aliphatic rings. The van der Waals surface area contributed by atoms with Crippen molar-refractivity contribution in [2.75, 3.05) is 0 Å². The van der Waals surface area contributed by atoms with Crippen LogP contribution in [0.25, 0.3) is 0 Å². The highest BCUT2D eigenvalue weighted by atomic mass is 16.5. The standard InChI is InChI=1S/C29H52N2O3/c1-26(2)17-23(18-27(3,4)30-26)22(21-32)15-13-11-9-10-12-14-16-25(33)34-24-19-28(5,6)31-29(7,8)20-24/h23-24,30-31H,9-20H2,1-8H3. The minimum Gasteiger partial charge on any atom is -0.462 e. The molecule has 0 amide bonds. The maximum Gasteiger partial charge on any atom is 0.306 e. The molecule has 0 bridgehead atoms. The monoisotopic (exact) mass is 476 g/mol. The number of unbranched alkanes of at least 4 members (excludes halogenated alkanes) is 5. The molecule has 0 aromatic heterocycles. The van der Waals surface area contributed by atoms with Crippen LogP contribution in [-0.4, -0.2) is 40.2 Å². The summed E-state index contributed by atoms with van der Waals surface area (Å²) in [7, 11) is 0. The zero-order valence-corrected chi connectivity index (χ0v) is 23.4. The topological polar surface area (TPSA) is 67.4 Å². The van der Waals surface area contributed by atoms with E-state index in [1.807, 2.05) is 0 Å². The lowest BCUT2D eigenvalue weighted by molar-refractivity contribution is -0.153. The molecule has 0 unspecified atom stereocenters. The van der Waals surface area contributed by atoms with Gasteiger partial charge >= 0.3 is 5.97 Å². The average Bonchev–Trinajstić information content (AvgIpc) is 2.61. The van der Waals surface area contributed by atoms with Gasteiger partial charge in [0, 0.05) is 47.0 Å². The van der Waals surface area contributed by atoms with Gasteiger partial charge in [-0.15, -0.1) is 0 Å². The largest absolute Gasteiger partial charge is 0.462 e. The van der Waals surface area contributed by atoms with Gasteiger partial charge in [0.05, 0.1) is 0 Å². The van der Waals surface area contributed by atoms with Crippen LogP contribution < -0.4 is 10.6 Å². The maximum absolute atomic E-state index is 12.3. The van der Waals surface area contributed by atoms with Gasteiger partial charge in [0.1, 0.15) is 12.0 Å². The van der Waals surface area contributed by atoms with Gasteiger partial charge in [-0.1, -0.05) is 25.7 Å². The lowest BCUT2D eigenvalue weighted by atomic mass is 9.72. The molecule has 0 saturated carbocycles. The molecule has 0 aromatic rings. The van der Waals surface area contributed by atoms with Crippen LogP contribution in [0.15, 0.2) is 5.57 Å². The summed E-state index contributed by atoms with van der Waals surface area (Å²) >= 11 is 0. The summed E-state index contributed by atoms with van der Waals surface area (Å²) in [5.41, 5.74) is 1.07. The molecule has 0 aromatic carbocycles. The molecular weight excluding hydrogens is 424 g/mol. The highest BCUT2D eigenvalue weighted by Crippen LogP contribution is 2.37. The van der Waals surface area contributed by atoms with Crippen molar-refractivity contribution in [3.63, 3.8) is 0 Å². The van der Waals surface area contributed by atoms with Gasteiger partial charge in [-0.2, -0.15) is 0 Å². The summed E-state index contributed by atoms with van der Waals surface area (Å²) in [6, 6.07) is 0. The van der Waals surface area contributed by atoms with E-state index in [-0.39, 0.29) is 34.2 Å². The number of nitrogens with one attached hydrogen (secondary N) is 2. The Morgan fingerprint density at radius 2 is 1.12 bits per heavy atom. The number of ether oxygens (including phenoxy) is 1. The highest BCUT2D eigenvalue weighted by molar-refractivity contribution is 5.69. The van der Waals surface area contributed by atoms with Gasteiger partial charge < -0.3 is 15.4 Å². The fourth-order valence-electron chi connectivity index (χ4n) is 6.76. The van der Waals surface area contributed by atoms with E-state index in [1.165, 1.54) is 0 Å². The molecule has 0 atom stereocenters. The molecular formula is C29H52N2O3. The number of piperidine rings is 2. The number of hydrogen-bond donors (Lipinski definition) is 2. The average molecular weight is 477 g/mol. The summed E-state index contributed by atoms with van der Waals surface area (Å²) in [4.78, 5) is 24.0. The van der Waals surface area contributed by atoms with E-state index in [2.05, 4.69) is 72.0 Å². The van der Waals surface area contributed by atoms with Crippen molar-refractivity contribution < 1.29 is 14.3 Å². The minimum atomic E-state index is -0.0490. The molecule has 196 valence electrons. The summed E-state index contributed by atoms with van der Waals surface area (Å²) < 4.78 is 5.81. The van der Waals surface area contributed by atoms with E-state index in [1.54, 1.807) is 0 Å². The Balaban J connectivity index is 1.58. The van der Waals surface area contributed by atoms with E-state index in [0.29, 0.717) is 12.3 Å². The van der Waals surface area contributed by atoms with Gasteiger partial charge in [-0.3, -0.25) is 4.79 Å². The Morgan fingerprint density at radius 1 is 0.706 bits per heavy atom. The van der Waals surface area contributed by atoms with Gasteiger partial charge in [-0.25, -0.2) is 4.79 Å². The predicted octanol–water partition coefficient (Wildman–Crippen LogP) is 6.27. The number of hydrogen-bond acceptors (Lipinski definition) is 5. The number of carbonyl (C=O) groups excluding carboxylic acids is 2. The van der Waals surface area contributed by atoms with Crippen LogP contribution in [0.4, 0.5) is 0 Å². The van der Waals surface area contributed by atoms with Crippen LogP contribution in [0.3, 0.4) is 0 Å². The van der Waals surface area contributed by atoms with Crippen molar-refractivity contribution in [2.24, 2.45) is 5.92 Å². The van der Waals surface area contributed by atoms with E-state index in [9.17, 15) is 9.59 Å². The van der Waals surface area contributed by atoms with E-state index in [4.69, 9.17) is 4.74 Å². The van der Waals surface area contributed by atoms with Gasteiger partial charge in [0.25, 0.3) is 0 Å².